The summed E-state index contributed by atoms with van der Waals surface area (Å²) < 4.78 is 0. The van der Waals surface area contributed by atoms with E-state index in [1.807, 2.05) is 0 Å². The molecule has 0 bridgehead atoms. The van der Waals surface area contributed by atoms with Crippen LogP contribution >= 0.6 is 0 Å². The van der Waals surface area contributed by atoms with Gasteiger partial charge in [0.2, 0.25) is 0 Å². The smallest absolute Gasteiger partial charge is 0.276 e. The first-order chi connectivity index (χ1) is 7.79. The van der Waals surface area contributed by atoms with E-state index in [1.54, 1.807) is 13.2 Å². The van der Waals surface area contributed by atoms with Crippen LogP contribution < -0.4 is 10.6 Å². The highest BCUT2D eigenvalue weighted by atomic mass is 16.1. The van der Waals surface area contributed by atoms with Crippen molar-refractivity contribution in [2.45, 2.75) is 0 Å². The van der Waals surface area contributed by atoms with Crippen LogP contribution in [0.1, 0.15) is 10.5 Å². The van der Waals surface area contributed by atoms with Gasteiger partial charge in [0, 0.05) is 13.2 Å². The van der Waals surface area contributed by atoms with E-state index in [0.717, 1.165) is 0 Å². The minimum absolute atomic E-state index is 0.244. The molecule has 1 amide bonds. The lowest BCUT2D eigenvalue weighted by Crippen LogP contribution is -2.14. The van der Waals surface area contributed by atoms with Gasteiger partial charge in [0.1, 0.15) is 11.5 Å². The van der Waals surface area contributed by atoms with Crippen molar-refractivity contribution in [3.63, 3.8) is 0 Å². The summed E-state index contributed by atoms with van der Waals surface area (Å²) in [6.07, 6.45) is 6.02. The second-order valence-electron chi connectivity index (χ2n) is 2.98. The molecule has 82 valence electrons. The predicted molar refractivity (Wildman–Crippen MR) is 58.1 cm³/mol. The van der Waals surface area contributed by atoms with Crippen LogP contribution in [0.15, 0.2) is 24.8 Å². The summed E-state index contributed by atoms with van der Waals surface area (Å²) in [5, 5.41) is 11.7. The maximum atomic E-state index is 11.7. The minimum atomic E-state index is -0.328. The number of anilines is 2. The van der Waals surface area contributed by atoms with Crippen LogP contribution in [0.4, 0.5) is 11.5 Å². The largest absolute Gasteiger partial charge is 0.372 e. The third-order valence-corrected chi connectivity index (χ3v) is 1.88. The Morgan fingerprint density at radius 3 is 2.94 bits per heavy atom. The Balaban J connectivity index is 2.14. The van der Waals surface area contributed by atoms with Gasteiger partial charge in [-0.1, -0.05) is 0 Å². The first kappa shape index (κ1) is 10.1. The molecule has 2 aromatic heterocycles. The van der Waals surface area contributed by atoms with Crippen LogP contribution in [0.5, 0.6) is 0 Å². The summed E-state index contributed by atoms with van der Waals surface area (Å²) in [4.78, 5) is 19.6. The molecular weight excluding hydrogens is 208 g/mol. The normalized spacial score (nSPS) is 9.81. The Hall–Kier alpha value is -2.44. The molecule has 0 aromatic carbocycles. The second-order valence-corrected chi connectivity index (χ2v) is 2.98. The molecule has 2 heterocycles. The highest BCUT2D eigenvalue weighted by Crippen LogP contribution is 2.06. The number of nitrogens with zero attached hydrogens (tertiary/aromatic N) is 3. The van der Waals surface area contributed by atoms with Crippen LogP contribution in [-0.4, -0.2) is 33.1 Å². The fourth-order valence-electron chi connectivity index (χ4n) is 1.11. The number of carbonyl (C=O) groups excluding carboxylic acids is 1. The molecule has 0 aliphatic rings. The molecule has 0 spiro atoms. The molecule has 0 saturated carbocycles. The summed E-state index contributed by atoms with van der Waals surface area (Å²) in [7, 11) is 1.71. The van der Waals surface area contributed by atoms with Crippen LogP contribution in [0.3, 0.4) is 0 Å². The molecule has 0 radical (unpaired) electrons. The van der Waals surface area contributed by atoms with Crippen LogP contribution in [0, 0.1) is 0 Å². The van der Waals surface area contributed by atoms with Crippen LogP contribution in [0.25, 0.3) is 0 Å². The molecule has 2 aromatic rings. The number of H-pyrrole nitrogens is 1. The fourth-order valence-corrected chi connectivity index (χ4v) is 1.11. The first-order valence-electron chi connectivity index (χ1n) is 4.59. The maximum absolute atomic E-state index is 11.7. The number of amides is 1. The molecule has 0 unspecified atom stereocenters. The lowest BCUT2D eigenvalue weighted by atomic mass is 10.4. The molecule has 0 fully saturated rings. The first-order valence-corrected chi connectivity index (χ1v) is 4.59. The number of nitrogens with one attached hydrogen (secondary N) is 3. The summed E-state index contributed by atoms with van der Waals surface area (Å²) in [5.41, 5.74) is 0.828. The number of aromatic nitrogens is 4. The van der Waals surface area contributed by atoms with Crippen molar-refractivity contribution in [1.82, 2.24) is 20.2 Å². The molecule has 0 atom stereocenters. The van der Waals surface area contributed by atoms with E-state index in [4.69, 9.17) is 0 Å². The van der Waals surface area contributed by atoms with Crippen molar-refractivity contribution in [1.29, 1.82) is 0 Å². The Morgan fingerprint density at radius 2 is 2.25 bits per heavy atom. The fraction of sp³-hybridized carbons (Fsp3) is 0.111. The van der Waals surface area contributed by atoms with Gasteiger partial charge in [0.15, 0.2) is 0 Å². The van der Waals surface area contributed by atoms with Gasteiger partial charge in [-0.25, -0.2) is 4.98 Å². The zero-order chi connectivity index (χ0) is 11.4. The van der Waals surface area contributed by atoms with Gasteiger partial charge < -0.3 is 10.6 Å². The van der Waals surface area contributed by atoms with Crippen molar-refractivity contribution in [3.05, 3.63) is 30.5 Å². The molecule has 0 saturated heterocycles. The second kappa shape index (κ2) is 4.39. The lowest BCUT2D eigenvalue weighted by Gasteiger charge is -2.03. The molecule has 16 heavy (non-hydrogen) atoms. The summed E-state index contributed by atoms with van der Waals surface area (Å²) in [5.74, 6) is 0.214. The Kier molecular flexibility index (Phi) is 2.77. The van der Waals surface area contributed by atoms with E-state index in [1.165, 1.54) is 18.6 Å². The Bertz CT molecular complexity index is 481. The van der Waals surface area contributed by atoms with E-state index in [-0.39, 0.29) is 11.6 Å². The summed E-state index contributed by atoms with van der Waals surface area (Å²) in [6, 6.07) is 0. The van der Waals surface area contributed by atoms with E-state index in [9.17, 15) is 4.79 Å². The monoisotopic (exact) mass is 218 g/mol. The summed E-state index contributed by atoms with van der Waals surface area (Å²) in [6.45, 7) is 0. The van der Waals surface area contributed by atoms with Crippen LogP contribution in [0.2, 0.25) is 0 Å². The molecule has 0 aliphatic carbocycles. The van der Waals surface area contributed by atoms with Crippen molar-refractivity contribution >= 4 is 17.4 Å². The average Bonchev–Trinajstić information content (AvgIpc) is 2.82. The quantitative estimate of drug-likeness (QED) is 0.697. The number of carbonyl (C=O) groups is 1. The van der Waals surface area contributed by atoms with Gasteiger partial charge in [-0.15, -0.1) is 0 Å². The Morgan fingerprint density at radius 1 is 1.38 bits per heavy atom. The Labute approximate surface area is 91.3 Å². The van der Waals surface area contributed by atoms with Gasteiger partial charge in [-0.2, -0.15) is 5.10 Å². The average molecular weight is 218 g/mol. The van der Waals surface area contributed by atoms with Crippen LogP contribution in [-0.2, 0) is 0 Å². The minimum Gasteiger partial charge on any atom is -0.372 e. The molecule has 3 N–H and O–H groups in total. The number of rotatable bonds is 3. The third kappa shape index (κ3) is 2.14. The maximum Gasteiger partial charge on any atom is 0.276 e. The van der Waals surface area contributed by atoms with Crippen molar-refractivity contribution in [3.8, 4) is 0 Å². The molecule has 2 rings (SSSR count). The van der Waals surface area contributed by atoms with Gasteiger partial charge in [-0.3, -0.25) is 14.9 Å². The lowest BCUT2D eigenvalue weighted by molar-refractivity contribution is 0.102. The molecular formula is C9H10N6O. The molecule has 7 heteroatoms. The standard InChI is InChI=1S/C9H10N6O/c1-10-8-5-11-4-7(15-8)9(16)14-6-2-12-13-3-6/h2-5H,1H3,(H,10,15)(H,12,13)(H,14,16). The zero-order valence-electron chi connectivity index (χ0n) is 8.56. The zero-order valence-corrected chi connectivity index (χ0v) is 8.56. The van der Waals surface area contributed by atoms with E-state index < -0.39 is 0 Å². The van der Waals surface area contributed by atoms with Crippen molar-refractivity contribution < 1.29 is 4.79 Å². The van der Waals surface area contributed by atoms with Gasteiger partial charge in [0.05, 0.1) is 24.3 Å². The van der Waals surface area contributed by atoms with E-state index >= 15 is 0 Å². The van der Waals surface area contributed by atoms with Crippen molar-refractivity contribution in [2.24, 2.45) is 0 Å². The van der Waals surface area contributed by atoms with Gasteiger partial charge >= 0.3 is 0 Å². The van der Waals surface area contributed by atoms with Crippen molar-refractivity contribution in [2.75, 3.05) is 17.7 Å². The van der Waals surface area contributed by atoms with Gasteiger partial charge in [-0.05, 0) is 0 Å². The predicted octanol–water partition coefficient (Wildman–Crippen LogP) is 0.494. The molecule has 0 aliphatic heterocycles. The SMILES string of the molecule is CNc1cncc(C(=O)Nc2cn[nH]c2)n1. The highest BCUT2D eigenvalue weighted by Gasteiger charge is 2.09. The third-order valence-electron chi connectivity index (χ3n) is 1.88. The highest BCUT2D eigenvalue weighted by molar-refractivity contribution is 6.02. The number of aromatic amines is 1. The topological polar surface area (TPSA) is 95.6 Å². The van der Waals surface area contributed by atoms with E-state index in [0.29, 0.717) is 11.5 Å². The summed E-state index contributed by atoms with van der Waals surface area (Å²) >= 11 is 0. The number of hydrogen-bond acceptors (Lipinski definition) is 5. The molecule has 7 nitrogen and oxygen atoms in total. The number of hydrogen-bond donors (Lipinski definition) is 3. The van der Waals surface area contributed by atoms with E-state index in [2.05, 4.69) is 30.8 Å². The van der Waals surface area contributed by atoms with Gasteiger partial charge in [0.25, 0.3) is 5.91 Å².